The first-order chi connectivity index (χ1) is 16.5. The van der Waals surface area contributed by atoms with Gasteiger partial charge in [-0.25, -0.2) is 4.79 Å². The monoisotopic (exact) mass is 518 g/mol. The molecule has 0 radical (unpaired) electrons. The van der Waals surface area contributed by atoms with E-state index in [1.165, 1.54) is 0 Å². The number of ether oxygens (including phenoxy) is 3. The van der Waals surface area contributed by atoms with Gasteiger partial charge in [0.15, 0.2) is 0 Å². The maximum Gasteiger partial charge on any atom is 0.343 e. The number of rotatable bonds is 7. The number of unbranched alkanes of at least 4 members (excludes halogenated alkanes) is 1. The molecular weight excluding hydrogens is 496 g/mol. The average Bonchev–Trinajstić information content (AvgIpc) is 2.83. The van der Waals surface area contributed by atoms with Crippen LogP contribution in [0.3, 0.4) is 0 Å². The van der Waals surface area contributed by atoms with Crippen LogP contribution in [0.2, 0.25) is 0 Å². The van der Waals surface area contributed by atoms with Crippen LogP contribution < -0.4 is 19.9 Å². The highest BCUT2D eigenvalue weighted by atomic mass is 79.9. The molecule has 3 aromatic carbocycles. The molecular formula is C27H23BrN2O4. The van der Waals surface area contributed by atoms with Crippen LogP contribution in [0, 0.1) is 11.3 Å². The fraction of sp³-hybridized carbons (Fsp3) is 0.185. The Hall–Kier alpha value is -3.76. The van der Waals surface area contributed by atoms with E-state index in [0.717, 1.165) is 28.4 Å². The number of carbonyl (C=O) groups is 1. The van der Waals surface area contributed by atoms with Crippen LogP contribution in [0.1, 0.15) is 47.2 Å². The summed E-state index contributed by atoms with van der Waals surface area (Å²) in [6, 6.07) is 21.8. The van der Waals surface area contributed by atoms with E-state index in [2.05, 4.69) is 28.9 Å². The van der Waals surface area contributed by atoms with Crippen LogP contribution >= 0.6 is 15.9 Å². The second-order valence-corrected chi connectivity index (χ2v) is 8.71. The molecule has 1 aliphatic rings. The Morgan fingerprint density at radius 2 is 1.88 bits per heavy atom. The van der Waals surface area contributed by atoms with Crippen molar-refractivity contribution < 1.29 is 19.0 Å². The molecule has 1 heterocycles. The van der Waals surface area contributed by atoms with Gasteiger partial charge in [0, 0.05) is 16.1 Å². The minimum Gasteiger partial charge on any atom is -0.494 e. The van der Waals surface area contributed by atoms with Gasteiger partial charge in [-0.15, -0.1) is 0 Å². The molecule has 0 aliphatic carbocycles. The Kier molecular flexibility index (Phi) is 7.19. The molecule has 34 heavy (non-hydrogen) atoms. The second-order valence-electron chi connectivity index (χ2n) is 7.80. The molecule has 1 aliphatic heterocycles. The standard InChI is InChI=1S/C27H23BrN2O4/c1-2-3-13-32-20-9-7-17(8-10-20)27(31)33-21-11-12-22-24(15-21)34-26(30)23(16-29)25(22)18-5-4-6-19(28)14-18/h4-12,14-15,25H,2-3,13,30H2,1H3/t25-/m0/s1. The number of halogens is 1. The van der Waals surface area contributed by atoms with Gasteiger partial charge in [-0.3, -0.25) is 0 Å². The lowest BCUT2D eigenvalue weighted by atomic mass is 9.83. The molecule has 4 rings (SSSR count). The van der Waals surface area contributed by atoms with Crippen LogP contribution in [0.5, 0.6) is 17.2 Å². The molecule has 0 spiro atoms. The van der Waals surface area contributed by atoms with Gasteiger partial charge in [0.2, 0.25) is 5.88 Å². The van der Waals surface area contributed by atoms with Crippen molar-refractivity contribution in [3.05, 3.63) is 99.3 Å². The van der Waals surface area contributed by atoms with Gasteiger partial charge >= 0.3 is 5.97 Å². The molecule has 0 saturated carbocycles. The smallest absolute Gasteiger partial charge is 0.343 e. The van der Waals surface area contributed by atoms with Gasteiger partial charge in [-0.2, -0.15) is 5.26 Å². The highest BCUT2D eigenvalue weighted by Crippen LogP contribution is 2.43. The summed E-state index contributed by atoms with van der Waals surface area (Å²) in [4.78, 5) is 12.7. The number of nitrogens with zero attached hydrogens (tertiary/aromatic N) is 1. The number of nitriles is 1. The van der Waals surface area contributed by atoms with Crippen molar-refractivity contribution in [2.24, 2.45) is 5.73 Å². The van der Waals surface area contributed by atoms with Crippen LogP contribution in [0.15, 0.2) is 82.7 Å². The lowest BCUT2D eigenvalue weighted by molar-refractivity contribution is 0.0734. The largest absolute Gasteiger partial charge is 0.494 e. The van der Waals surface area contributed by atoms with E-state index in [9.17, 15) is 10.1 Å². The van der Waals surface area contributed by atoms with Crippen LogP contribution in [-0.4, -0.2) is 12.6 Å². The molecule has 7 heteroatoms. The van der Waals surface area contributed by atoms with Gasteiger partial charge in [-0.1, -0.05) is 47.5 Å². The van der Waals surface area contributed by atoms with E-state index in [1.807, 2.05) is 24.3 Å². The van der Waals surface area contributed by atoms with Crippen LogP contribution in [0.25, 0.3) is 0 Å². The van der Waals surface area contributed by atoms with E-state index in [4.69, 9.17) is 19.9 Å². The average molecular weight is 519 g/mol. The number of nitrogens with two attached hydrogens (primary N) is 1. The van der Waals surface area contributed by atoms with E-state index >= 15 is 0 Å². The van der Waals surface area contributed by atoms with Crippen molar-refractivity contribution in [1.82, 2.24) is 0 Å². The highest BCUT2D eigenvalue weighted by molar-refractivity contribution is 9.10. The number of benzene rings is 3. The molecule has 0 saturated heterocycles. The van der Waals surface area contributed by atoms with Crippen LogP contribution in [-0.2, 0) is 0 Å². The first-order valence-electron chi connectivity index (χ1n) is 10.9. The predicted molar refractivity (Wildman–Crippen MR) is 132 cm³/mol. The Morgan fingerprint density at radius 3 is 2.59 bits per heavy atom. The maximum atomic E-state index is 12.7. The lowest BCUT2D eigenvalue weighted by Crippen LogP contribution is -2.21. The summed E-state index contributed by atoms with van der Waals surface area (Å²) in [6.45, 7) is 2.74. The second kappa shape index (κ2) is 10.4. The first kappa shape index (κ1) is 23.4. The SMILES string of the molecule is CCCCOc1ccc(C(=O)Oc2ccc3c(c2)OC(N)=C(C#N)[C@H]3c2cccc(Br)c2)cc1. The summed E-state index contributed by atoms with van der Waals surface area (Å²) in [7, 11) is 0. The Morgan fingerprint density at radius 1 is 1.12 bits per heavy atom. The zero-order chi connectivity index (χ0) is 24.1. The highest BCUT2D eigenvalue weighted by Gasteiger charge is 2.31. The molecule has 1 atom stereocenters. The topological polar surface area (TPSA) is 94.6 Å². The van der Waals surface area contributed by atoms with E-state index < -0.39 is 11.9 Å². The third kappa shape index (κ3) is 5.08. The number of hydrogen-bond acceptors (Lipinski definition) is 6. The van der Waals surface area contributed by atoms with Crippen molar-refractivity contribution in [1.29, 1.82) is 5.26 Å². The van der Waals surface area contributed by atoms with Gasteiger partial charge in [0.1, 0.15) is 28.9 Å². The van der Waals surface area contributed by atoms with E-state index in [-0.39, 0.29) is 5.88 Å². The third-order valence-electron chi connectivity index (χ3n) is 5.44. The van der Waals surface area contributed by atoms with Crippen molar-refractivity contribution in [2.75, 3.05) is 6.61 Å². The van der Waals surface area contributed by atoms with Gasteiger partial charge in [0.25, 0.3) is 0 Å². The van der Waals surface area contributed by atoms with Gasteiger partial charge in [-0.05, 0) is 54.4 Å². The molecule has 172 valence electrons. The maximum absolute atomic E-state index is 12.7. The summed E-state index contributed by atoms with van der Waals surface area (Å²) in [6.07, 6.45) is 2.03. The summed E-state index contributed by atoms with van der Waals surface area (Å²) in [5.41, 5.74) is 8.46. The summed E-state index contributed by atoms with van der Waals surface area (Å²) in [5, 5.41) is 9.71. The first-order valence-corrected chi connectivity index (χ1v) is 11.7. The Balaban J connectivity index is 1.56. The predicted octanol–water partition coefficient (Wildman–Crippen LogP) is 6.07. The molecule has 0 bridgehead atoms. The minimum atomic E-state index is -0.499. The molecule has 0 amide bonds. The van der Waals surface area contributed by atoms with Crippen molar-refractivity contribution in [3.63, 3.8) is 0 Å². The summed E-state index contributed by atoms with van der Waals surface area (Å²) < 4.78 is 17.8. The molecule has 0 fully saturated rings. The fourth-order valence-electron chi connectivity index (χ4n) is 3.72. The number of esters is 1. The van der Waals surface area contributed by atoms with Crippen molar-refractivity contribution in [2.45, 2.75) is 25.7 Å². The Labute approximate surface area is 206 Å². The fourth-order valence-corrected chi connectivity index (χ4v) is 4.13. The quantitative estimate of drug-likeness (QED) is 0.232. The zero-order valence-electron chi connectivity index (χ0n) is 18.6. The van der Waals surface area contributed by atoms with Crippen LogP contribution in [0.4, 0.5) is 0 Å². The van der Waals surface area contributed by atoms with E-state index in [1.54, 1.807) is 42.5 Å². The normalized spacial score (nSPS) is 14.6. The number of allylic oxidation sites excluding steroid dienone is 1. The number of hydrogen-bond donors (Lipinski definition) is 1. The molecule has 2 N–H and O–H groups in total. The summed E-state index contributed by atoms with van der Waals surface area (Å²) >= 11 is 3.48. The summed E-state index contributed by atoms with van der Waals surface area (Å²) in [5.74, 6) is 0.597. The van der Waals surface area contributed by atoms with Crippen molar-refractivity contribution in [3.8, 4) is 23.3 Å². The lowest BCUT2D eigenvalue weighted by Gasteiger charge is -2.26. The molecule has 0 aromatic heterocycles. The number of fused-ring (bicyclic) bond motifs is 1. The molecule has 6 nitrogen and oxygen atoms in total. The Bertz CT molecular complexity index is 1280. The number of carbonyl (C=O) groups excluding carboxylic acids is 1. The molecule has 0 unspecified atom stereocenters. The minimum absolute atomic E-state index is 0.0297. The van der Waals surface area contributed by atoms with E-state index in [0.29, 0.717) is 35.0 Å². The van der Waals surface area contributed by atoms with Gasteiger partial charge < -0.3 is 19.9 Å². The van der Waals surface area contributed by atoms with Crippen molar-refractivity contribution >= 4 is 21.9 Å². The zero-order valence-corrected chi connectivity index (χ0v) is 20.2. The molecule has 3 aromatic rings. The third-order valence-corrected chi connectivity index (χ3v) is 5.93. The van der Waals surface area contributed by atoms with Gasteiger partial charge in [0.05, 0.1) is 18.1 Å².